The van der Waals surface area contributed by atoms with E-state index in [4.69, 9.17) is 4.74 Å². The summed E-state index contributed by atoms with van der Waals surface area (Å²) >= 11 is 0. The molecule has 0 fully saturated rings. The molecule has 0 bridgehead atoms. The van der Waals surface area contributed by atoms with E-state index < -0.39 is 10.0 Å². The summed E-state index contributed by atoms with van der Waals surface area (Å²) in [7, 11) is -1.92. The third-order valence-corrected chi connectivity index (χ3v) is 4.71. The predicted octanol–water partition coefficient (Wildman–Crippen LogP) is 1.89. The number of hydrogen-bond donors (Lipinski definition) is 2. The second-order valence-electron chi connectivity index (χ2n) is 5.00. The highest BCUT2D eigenvalue weighted by Gasteiger charge is 2.18. The van der Waals surface area contributed by atoms with Crippen LogP contribution in [0, 0.1) is 0 Å². The fourth-order valence-corrected chi connectivity index (χ4v) is 3.22. The van der Waals surface area contributed by atoms with Gasteiger partial charge < -0.3 is 10.1 Å². The maximum Gasteiger partial charge on any atom is 0.240 e. The van der Waals surface area contributed by atoms with Crippen LogP contribution in [-0.4, -0.2) is 34.7 Å². The third-order valence-electron chi connectivity index (χ3n) is 3.17. The Morgan fingerprint density at radius 1 is 1.19 bits per heavy atom. The second-order valence-corrected chi connectivity index (χ2v) is 6.72. The number of sulfonamides is 1. The highest BCUT2D eigenvalue weighted by Crippen LogP contribution is 2.12. The summed E-state index contributed by atoms with van der Waals surface area (Å²) in [6.45, 7) is 6.11. The lowest BCUT2D eigenvalue weighted by atomic mass is 10.2. The van der Waals surface area contributed by atoms with E-state index >= 15 is 0 Å². The normalized spacial score (nSPS) is 13.3. The lowest BCUT2D eigenvalue weighted by Gasteiger charge is -2.16. The Kier molecular flexibility index (Phi) is 7.88. The number of methoxy groups -OCH3 is 1. The maximum absolute atomic E-state index is 12.3. The Bertz CT molecular complexity index is 500. The molecule has 0 saturated heterocycles. The first kappa shape index (κ1) is 18.1. The van der Waals surface area contributed by atoms with Gasteiger partial charge in [0.1, 0.15) is 0 Å². The molecule has 5 nitrogen and oxygen atoms in total. The van der Waals surface area contributed by atoms with Gasteiger partial charge in [-0.25, -0.2) is 13.1 Å². The minimum absolute atomic E-state index is 0.203. The number of nitrogens with one attached hydrogen (secondary N) is 2. The van der Waals surface area contributed by atoms with Crippen molar-refractivity contribution in [3.63, 3.8) is 0 Å². The van der Waals surface area contributed by atoms with E-state index in [2.05, 4.69) is 17.0 Å². The molecule has 120 valence electrons. The molecule has 0 aliphatic heterocycles. The largest absolute Gasteiger partial charge is 0.383 e. The van der Waals surface area contributed by atoms with E-state index in [1.54, 1.807) is 19.2 Å². The number of hydrogen-bond acceptors (Lipinski definition) is 4. The van der Waals surface area contributed by atoms with E-state index in [0.29, 0.717) is 13.0 Å². The smallest absolute Gasteiger partial charge is 0.240 e. The van der Waals surface area contributed by atoms with Gasteiger partial charge in [0.2, 0.25) is 10.0 Å². The molecule has 0 radical (unpaired) electrons. The zero-order valence-electron chi connectivity index (χ0n) is 13.1. The molecular formula is C15H26N2O3S. The Labute approximate surface area is 128 Å². The van der Waals surface area contributed by atoms with Crippen LogP contribution in [0.25, 0.3) is 0 Å². The molecule has 1 aromatic carbocycles. The summed E-state index contributed by atoms with van der Waals surface area (Å²) < 4.78 is 32.2. The first-order chi connectivity index (χ1) is 10.0. The van der Waals surface area contributed by atoms with Crippen LogP contribution in [0.3, 0.4) is 0 Å². The van der Waals surface area contributed by atoms with Crippen molar-refractivity contribution in [3.05, 3.63) is 29.8 Å². The van der Waals surface area contributed by atoms with Crippen LogP contribution in [0.15, 0.2) is 29.2 Å². The summed E-state index contributed by atoms with van der Waals surface area (Å²) in [5.74, 6) is 0. The molecular weight excluding hydrogens is 288 g/mol. The molecule has 1 rings (SSSR count). The SMILES string of the molecule is CCCNCc1ccc(S(=O)(=O)NC(CC)COC)cc1. The van der Waals surface area contributed by atoms with Gasteiger partial charge in [0, 0.05) is 19.7 Å². The minimum Gasteiger partial charge on any atom is -0.383 e. The zero-order valence-corrected chi connectivity index (χ0v) is 13.9. The number of benzene rings is 1. The van der Waals surface area contributed by atoms with Gasteiger partial charge in [-0.15, -0.1) is 0 Å². The van der Waals surface area contributed by atoms with Crippen molar-refractivity contribution in [2.45, 2.75) is 44.2 Å². The van der Waals surface area contributed by atoms with Gasteiger partial charge in [-0.3, -0.25) is 0 Å². The van der Waals surface area contributed by atoms with E-state index in [1.165, 1.54) is 0 Å². The van der Waals surface area contributed by atoms with Crippen molar-refractivity contribution in [3.8, 4) is 0 Å². The second kappa shape index (κ2) is 9.15. The monoisotopic (exact) mass is 314 g/mol. The average Bonchev–Trinajstić information content (AvgIpc) is 2.47. The van der Waals surface area contributed by atoms with E-state index in [9.17, 15) is 8.42 Å². The molecule has 0 aliphatic carbocycles. The molecule has 0 spiro atoms. The molecule has 0 aromatic heterocycles. The Hall–Kier alpha value is -0.950. The lowest BCUT2D eigenvalue weighted by molar-refractivity contribution is 0.173. The highest BCUT2D eigenvalue weighted by molar-refractivity contribution is 7.89. The minimum atomic E-state index is -3.49. The summed E-state index contributed by atoms with van der Waals surface area (Å²) in [5.41, 5.74) is 1.08. The number of rotatable bonds is 10. The van der Waals surface area contributed by atoms with Crippen LogP contribution in [0.2, 0.25) is 0 Å². The molecule has 2 N–H and O–H groups in total. The van der Waals surface area contributed by atoms with Crippen molar-refractivity contribution in [1.82, 2.24) is 10.0 Å². The Morgan fingerprint density at radius 2 is 1.86 bits per heavy atom. The van der Waals surface area contributed by atoms with E-state index in [-0.39, 0.29) is 10.9 Å². The van der Waals surface area contributed by atoms with Gasteiger partial charge in [0.05, 0.1) is 11.5 Å². The molecule has 0 amide bonds. The van der Waals surface area contributed by atoms with Crippen molar-refractivity contribution in [2.24, 2.45) is 0 Å². The molecule has 0 heterocycles. The standard InChI is InChI=1S/C15H26N2O3S/c1-4-10-16-11-13-6-8-15(9-7-13)21(18,19)17-14(5-2)12-20-3/h6-9,14,16-17H,4-5,10-12H2,1-3H3. The summed E-state index contributed by atoms with van der Waals surface area (Å²) in [6.07, 6.45) is 1.76. The van der Waals surface area contributed by atoms with Crippen LogP contribution in [-0.2, 0) is 21.3 Å². The van der Waals surface area contributed by atoms with Crippen LogP contribution in [0.4, 0.5) is 0 Å². The van der Waals surface area contributed by atoms with E-state index in [0.717, 1.165) is 25.1 Å². The molecule has 21 heavy (non-hydrogen) atoms. The van der Waals surface area contributed by atoms with Gasteiger partial charge in [0.15, 0.2) is 0 Å². The van der Waals surface area contributed by atoms with Gasteiger partial charge in [-0.1, -0.05) is 26.0 Å². The first-order valence-electron chi connectivity index (χ1n) is 7.34. The van der Waals surface area contributed by atoms with Crippen molar-refractivity contribution >= 4 is 10.0 Å². The molecule has 0 aliphatic rings. The topological polar surface area (TPSA) is 67.4 Å². The molecule has 1 atom stereocenters. The van der Waals surface area contributed by atoms with Crippen LogP contribution in [0.5, 0.6) is 0 Å². The van der Waals surface area contributed by atoms with E-state index in [1.807, 2.05) is 19.1 Å². The van der Waals surface area contributed by atoms with Crippen molar-refractivity contribution < 1.29 is 13.2 Å². The molecule has 1 unspecified atom stereocenters. The molecule has 0 saturated carbocycles. The molecule has 6 heteroatoms. The summed E-state index contributed by atoms with van der Waals surface area (Å²) in [6, 6.07) is 6.77. The van der Waals surface area contributed by atoms with Crippen molar-refractivity contribution in [1.29, 1.82) is 0 Å². The van der Waals surface area contributed by atoms with Crippen LogP contribution < -0.4 is 10.0 Å². The van der Waals surface area contributed by atoms with Crippen LogP contribution >= 0.6 is 0 Å². The van der Waals surface area contributed by atoms with Crippen molar-refractivity contribution in [2.75, 3.05) is 20.3 Å². The average molecular weight is 314 g/mol. The fourth-order valence-electron chi connectivity index (χ4n) is 1.92. The van der Waals surface area contributed by atoms with Gasteiger partial charge >= 0.3 is 0 Å². The van der Waals surface area contributed by atoms with Crippen LogP contribution in [0.1, 0.15) is 32.3 Å². The van der Waals surface area contributed by atoms with Gasteiger partial charge in [-0.05, 0) is 37.1 Å². The van der Waals surface area contributed by atoms with Gasteiger partial charge in [-0.2, -0.15) is 0 Å². The Balaban J connectivity index is 2.70. The highest BCUT2D eigenvalue weighted by atomic mass is 32.2. The summed E-state index contributed by atoms with van der Waals surface area (Å²) in [4.78, 5) is 0.288. The molecule has 1 aromatic rings. The summed E-state index contributed by atoms with van der Waals surface area (Å²) in [5, 5.41) is 3.29. The Morgan fingerprint density at radius 3 is 2.38 bits per heavy atom. The quantitative estimate of drug-likeness (QED) is 0.647. The zero-order chi connectivity index (χ0) is 15.7. The fraction of sp³-hybridized carbons (Fsp3) is 0.600. The predicted molar refractivity (Wildman–Crippen MR) is 84.7 cm³/mol. The maximum atomic E-state index is 12.3. The third kappa shape index (κ3) is 6.13. The van der Waals surface area contributed by atoms with Gasteiger partial charge in [0.25, 0.3) is 0 Å². The first-order valence-corrected chi connectivity index (χ1v) is 8.82. The lowest BCUT2D eigenvalue weighted by Crippen LogP contribution is -2.37. The number of ether oxygens (including phenoxy) is 1.